The number of carbonyl (C=O) groups is 1. The molecule has 4 rings (SSSR count). The lowest BCUT2D eigenvalue weighted by Crippen LogP contribution is -2.48. The summed E-state index contributed by atoms with van der Waals surface area (Å²) < 4.78 is 0. The molecule has 2 fully saturated rings. The molecule has 0 saturated carbocycles. The van der Waals surface area contributed by atoms with Crippen molar-refractivity contribution in [2.24, 2.45) is 5.92 Å². The number of amides is 1. The summed E-state index contributed by atoms with van der Waals surface area (Å²) in [5.41, 5.74) is 2.32. The van der Waals surface area contributed by atoms with E-state index in [0.29, 0.717) is 29.9 Å². The van der Waals surface area contributed by atoms with Crippen molar-refractivity contribution in [3.8, 4) is 0 Å². The van der Waals surface area contributed by atoms with Crippen molar-refractivity contribution < 1.29 is 4.79 Å². The van der Waals surface area contributed by atoms with Crippen LogP contribution in [0.4, 0.5) is 5.69 Å². The minimum absolute atomic E-state index is 0.133. The van der Waals surface area contributed by atoms with E-state index in [1.54, 1.807) is 0 Å². The number of rotatable bonds is 7. The van der Waals surface area contributed by atoms with Crippen LogP contribution in [0.15, 0.2) is 54.6 Å². The second-order valence-corrected chi connectivity index (χ2v) is 9.37. The molecule has 2 aromatic rings. The summed E-state index contributed by atoms with van der Waals surface area (Å²) in [5, 5.41) is 3.74. The number of likely N-dealkylation sites (tertiary alicyclic amines) is 1. The predicted octanol–water partition coefficient (Wildman–Crippen LogP) is 5.12. The van der Waals surface area contributed by atoms with Crippen molar-refractivity contribution in [1.29, 1.82) is 0 Å². The first-order chi connectivity index (χ1) is 15.2. The average molecular weight is 440 g/mol. The first kappa shape index (κ1) is 22.2. The van der Waals surface area contributed by atoms with Crippen LogP contribution in [0.1, 0.15) is 44.1 Å². The molecule has 1 unspecified atom stereocenters. The van der Waals surface area contributed by atoms with Gasteiger partial charge in [0, 0.05) is 49.4 Å². The molecule has 0 aliphatic carbocycles. The van der Waals surface area contributed by atoms with E-state index < -0.39 is 0 Å². The summed E-state index contributed by atoms with van der Waals surface area (Å²) in [4.78, 5) is 17.6. The molecule has 1 N–H and O–H groups in total. The number of piperidine rings is 2. The van der Waals surface area contributed by atoms with Gasteiger partial charge in [-0.15, -0.1) is 0 Å². The first-order valence-electron chi connectivity index (χ1n) is 11.7. The smallest absolute Gasteiger partial charge is 0.220 e. The van der Waals surface area contributed by atoms with Crippen molar-refractivity contribution in [2.45, 2.75) is 51.1 Å². The Bertz CT molecular complexity index is 836. The highest BCUT2D eigenvalue weighted by Crippen LogP contribution is 2.28. The third-order valence-corrected chi connectivity index (χ3v) is 7.23. The van der Waals surface area contributed by atoms with Crippen molar-refractivity contribution >= 4 is 23.2 Å². The number of hydrogen-bond acceptors (Lipinski definition) is 3. The van der Waals surface area contributed by atoms with Crippen molar-refractivity contribution in [1.82, 2.24) is 10.2 Å². The van der Waals surface area contributed by atoms with Gasteiger partial charge in [-0.3, -0.25) is 9.69 Å². The molecule has 1 amide bonds. The zero-order valence-electron chi connectivity index (χ0n) is 18.3. The van der Waals surface area contributed by atoms with Gasteiger partial charge in [-0.2, -0.15) is 0 Å². The van der Waals surface area contributed by atoms with Gasteiger partial charge in [-0.05, 0) is 68.3 Å². The van der Waals surface area contributed by atoms with Crippen molar-refractivity contribution in [2.75, 3.05) is 31.1 Å². The van der Waals surface area contributed by atoms with E-state index in [0.717, 1.165) is 31.6 Å². The summed E-state index contributed by atoms with van der Waals surface area (Å²) >= 11 is 6.18. The van der Waals surface area contributed by atoms with Crippen LogP contribution in [0.5, 0.6) is 0 Å². The molecule has 0 radical (unpaired) electrons. The van der Waals surface area contributed by atoms with E-state index in [2.05, 4.69) is 45.4 Å². The summed E-state index contributed by atoms with van der Waals surface area (Å²) in [6.45, 7) is 5.15. The molecule has 2 aliphatic rings. The second kappa shape index (κ2) is 11.0. The van der Waals surface area contributed by atoms with Gasteiger partial charge in [0.1, 0.15) is 0 Å². The molecule has 31 heavy (non-hydrogen) atoms. The number of carbonyl (C=O) groups excluding carboxylic acids is 1. The van der Waals surface area contributed by atoms with Gasteiger partial charge in [0.15, 0.2) is 0 Å². The fourth-order valence-corrected chi connectivity index (χ4v) is 5.25. The maximum absolute atomic E-state index is 12.4. The molecule has 0 aromatic heterocycles. The fraction of sp³-hybridized carbons (Fsp3) is 0.500. The predicted molar refractivity (Wildman–Crippen MR) is 129 cm³/mol. The highest BCUT2D eigenvalue weighted by molar-refractivity contribution is 6.31. The Morgan fingerprint density at radius 2 is 1.71 bits per heavy atom. The van der Waals surface area contributed by atoms with Crippen LogP contribution in [0.2, 0.25) is 5.02 Å². The molecule has 2 heterocycles. The highest BCUT2D eigenvalue weighted by atomic mass is 35.5. The Morgan fingerprint density at radius 1 is 0.968 bits per heavy atom. The van der Waals surface area contributed by atoms with Gasteiger partial charge in [0.05, 0.1) is 0 Å². The number of hydrogen-bond donors (Lipinski definition) is 1. The molecule has 5 heteroatoms. The molecule has 2 aliphatic heterocycles. The minimum Gasteiger partial charge on any atom is -0.371 e. The number of anilines is 1. The molecule has 2 saturated heterocycles. The third kappa shape index (κ3) is 6.24. The lowest BCUT2D eigenvalue weighted by atomic mass is 9.90. The van der Waals surface area contributed by atoms with Crippen LogP contribution in [-0.4, -0.2) is 43.0 Å². The molecular weight excluding hydrogens is 406 g/mol. The minimum atomic E-state index is 0.133. The van der Waals surface area contributed by atoms with E-state index in [9.17, 15) is 4.79 Å². The Labute approximate surface area is 191 Å². The van der Waals surface area contributed by atoms with Crippen LogP contribution in [0.3, 0.4) is 0 Å². The normalized spacial score (nSPS) is 20.5. The third-order valence-electron chi connectivity index (χ3n) is 6.87. The monoisotopic (exact) mass is 439 g/mol. The zero-order valence-corrected chi connectivity index (χ0v) is 19.1. The molecule has 2 aromatic carbocycles. The van der Waals surface area contributed by atoms with Crippen LogP contribution in [0, 0.1) is 5.92 Å². The zero-order chi connectivity index (χ0) is 21.5. The topological polar surface area (TPSA) is 35.6 Å². The standard InChI is InChI=1S/C26H34ClN3O/c27-25-11-5-4-8-22(25)19-28-26(31)13-12-21-7-6-16-30(20-21)24-14-17-29(18-15-24)23-9-2-1-3-10-23/h1-5,8-11,21,24H,6-7,12-20H2,(H,28,31). The van der Waals surface area contributed by atoms with Crippen molar-refractivity contribution in [3.05, 3.63) is 65.2 Å². The molecule has 166 valence electrons. The number of halogens is 1. The van der Waals surface area contributed by atoms with Gasteiger partial charge >= 0.3 is 0 Å². The summed E-state index contributed by atoms with van der Waals surface area (Å²) in [7, 11) is 0. The Morgan fingerprint density at radius 3 is 2.48 bits per heavy atom. The van der Waals surface area contributed by atoms with Crippen LogP contribution in [-0.2, 0) is 11.3 Å². The van der Waals surface area contributed by atoms with E-state index >= 15 is 0 Å². The number of nitrogens with one attached hydrogen (secondary N) is 1. The number of para-hydroxylation sites is 1. The first-order valence-corrected chi connectivity index (χ1v) is 12.1. The maximum atomic E-state index is 12.4. The average Bonchev–Trinajstić information content (AvgIpc) is 2.83. The van der Waals surface area contributed by atoms with E-state index in [1.165, 1.54) is 37.9 Å². The molecule has 1 atom stereocenters. The summed E-state index contributed by atoms with van der Waals surface area (Å²) in [6.07, 6.45) is 6.56. The second-order valence-electron chi connectivity index (χ2n) is 8.96. The SMILES string of the molecule is O=C(CCC1CCCN(C2CCN(c3ccccc3)CC2)C1)NCc1ccccc1Cl. The van der Waals surface area contributed by atoms with E-state index in [1.807, 2.05) is 24.3 Å². The molecule has 0 spiro atoms. The lowest BCUT2D eigenvalue weighted by Gasteiger charge is -2.43. The summed E-state index contributed by atoms with van der Waals surface area (Å²) in [5.74, 6) is 0.764. The lowest BCUT2D eigenvalue weighted by molar-refractivity contribution is -0.121. The van der Waals surface area contributed by atoms with Crippen LogP contribution < -0.4 is 10.2 Å². The quantitative estimate of drug-likeness (QED) is 0.650. The number of benzene rings is 2. The molecule has 0 bridgehead atoms. The largest absolute Gasteiger partial charge is 0.371 e. The van der Waals surface area contributed by atoms with Crippen LogP contribution >= 0.6 is 11.6 Å². The maximum Gasteiger partial charge on any atom is 0.220 e. The molecular formula is C26H34ClN3O. The fourth-order valence-electron chi connectivity index (χ4n) is 5.05. The highest BCUT2D eigenvalue weighted by Gasteiger charge is 2.29. The van der Waals surface area contributed by atoms with Crippen molar-refractivity contribution in [3.63, 3.8) is 0 Å². The Balaban J connectivity index is 1.18. The van der Waals surface area contributed by atoms with E-state index in [4.69, 9.17) is 11.6 Å². The van der Waals surface area contributed by atoms with Gasteiger partial charge < -0.3 is 10.2 Å². The van der Waals surface area contributed by atoms with Crippen LogP contribution in [0.25, 0.3) is 0 Å². The van der Waals surface area contributed by atoms with E-state index in [-0.39, 0.29) is 5.91 Å². The van der Waals surface area contributed by atoms with Gasteiger partial charge in [-0.1, -0.05) is 48.0 Å². The Kier molecular flexibility index (Phi) is 7.87. The summed E-state index contributed by atoms with van der Waals surface area (Å²) in [6, 6.07) is 19.2. The van der Waals surface area contributed by atoms with Gasteiger partial charge in [0.2, 0.25) is 5.91 Å². The Hall–Kier alpha value is -2.04. The molecule has 4 nitrogen and oxygen atoms in total. The number of nitrogens with zero attached hydrogens (tertiary/aromatic N) is 2. The van der Waals surface area contributed by atoms with Gasteiger partial charge in [0.25, 0.3) is 0 Å². The van der Waals surface area contributed by atoms with Gasteiger partial charge in [-0.25, -0.2) is 0 Å².